The molecule has 0 unspecified atom stereocenters. The van der Waals surface area contributed by atoms with Crippen LogP contribution in [-0.2, 0) is 29.2 Å². The molecule has 0 fully saturated rings. The number of carbonyl (C=O) groups excluding carboxylic acids is 1. The van der Waals surface area contributed by atoms with Crippen LogP contribution in [-0.4, -0.2) is 32.1 Å². The van der Waals surface area contributed by atoms with Gasteiger partial charge >= 0.3 is 18.4 Å². The number of rotatable bonds is 10. The predicted molar refractivity (Wildman–Crippen MR) is 100 cm³/mol. The molecule has 30 heavy (non-hydrogen) atoms. The Hall–Kier alpha value is -2.72. The van der Waals surface area contributed by atoms with Crippen molar-refractivity contribution in [3.8, 4) is 0 Å². The Bertz CT molecular complexity index is 849. The third-order valence-corrected chi connectivity index (χ3v) is 3.93. The molecule has 0 radical (unpaired) electrons. The largest absolute Gasteiger partial charge is 0.380 e. The number of hydrogen-bond acceptors (Lipinski definition) is 3. The van der Waals surface area contributed by atoms with Crippen LogP contribution in [0.4, 0.5) is 32.4 Å². The van der Waals surface area contributed by atoms with Crippen molar-refractivity contribution in [2.75, 3.05) is 19.0 Å². The molecule has 5 nitrogen and oxygen atoms in total. The van der Waals surface area contributed by atoms with Gasteiger partial charge in [-0.15, -0.1) is 0 Å². The summed E-state index contributed by atoms with van der Waals surface area (Å²) in [7, 11) is 1.45. The first-order chi connectivity index (χ1) is 14.2. The lowest BCUT2D eigenvalue weighted by molar-refractivity contribution is -0.168. The summed E-state index contributed by atoms with van der Waals surface area (Å²) < 4.78 is 73.1. The Balaban J connectivity index is 1.85. The van der Waals surface area contributed by atoms with Crippen LogP contribution in [0.2, 0.25) is 0 Å². The minimum atomic E-state index is -4.22. The first kappa shape index (κ1) is 23.6. The lowest BCUT2D eigenvalue weighted by Crippen LogP contribution is -2.32. The van der Waals surface area contributed by atoms with Gasteiger partial charge in [0.1, 0.15) is 12.4 Å². The summed E-state index contributed by atoms with van der Waals surface area (Å²) in [5, 5.41) is 5.16. The highest BCUT2D eigenvalue weighted by Crippen LogP contribution is 2.23. The van der Waals surface area contributed by atoms with Crippen molar-refractivity contribution in [1.29, 1.82) is 0 Å². The van der Waals surface area contributed by atoms with E-state index >= 15 is 0 Å². The van der Waals surface area contributed by atoms with Crippen molar-refractivity contribution in [3.05, 3.63) is 65.0 Å². The number of anilines is 1. The number of hydrogen-bond donors (Lipinski definition) is 2. The van der Waals surface area contributed by atoms with Crippen LogP contribution in [0, 0.1) is 5.82 Å². The molecule has 2 aromatic rings. The highest BCUT2D eigenvalue weighted by Gasteiger charge is 2.40. The number of benzene rings is 2. The first-order valence-electron chi connectivity index (χ1n) is 8.85. The zero-order valence-corrected chi connectivity index (χ0v) is 16.1. The van der Waals surface area contributed by atoms with E-state index in [9.17, 15) is 26.7 Å². The molecule has 2 aromatic carbocycles. The average Bonchev–Trinajstić information content (AvgIpc) is 2.69. The highest BCUT2D eigenvalue weighted by atomic mass is 19.3. The van der Waals surface area contributed by atoms with E-state index in [4.69, 9.17) is 4.74 Å². The van der Waals surface area contributed by atoms with Gasteiger partial charge in [-0.25, -0.2) is 18.0 Å². The Morgan fingerprint density at radius 3 is 2.57 bits per heavy atom. The maximum absolute atomic E-state index is 13.6. The molecule has 0 bridgehead atoms. The third kappa shape index (κ3) is 7.27. The third-order valence-electron chi connectivity index (χ3n) is 3.93. The molecule has 0 aliphatic carbocycles. The van der Waals surface area contributed by atoms with Gasteiger partial charge in [-0.2, -0.15) is 8.78 Å². The molecule has 0 aromatic heterocycles. The molecule has 10 heteroatoms. The summed E-state index contributed by atoms with van der Waals surface area (Å²) in [5.41, 5.74) is 1.80. The lowest BCUT2D eigenvalue weighted by Gasteiger charge is -2.15. The van der Waals surface area contributed by atoms with Crippen LogP contribution < -0.4 is 10.6 Å². The number of urea groups is 1. The van der Waals surface area contributed by atoms with Crippen molar-refractivity contribution in [3.63, 3.8) is 0 Å². The number of ether oxygens (including phenoxy) is 2. The maximum atomic E-state index is 13.6. The molecule has 0 atom stereocenters. The molecule has 164 valence electrons. The number of carbonyl (C=O) groups is 1. The van der Waals surface area contributed by atoms with E-state index in [1.165, 1.54) is 25.3 Å². The van der Waals surface area contributed by atoms with Gasteiger partial charge in [0.05, 0.1) is 13.2 Å². The lowest BCUT2D eigenvalue weighted by atomic mass is 10.1. The molecule has 2 rings (SSSR count). The molecule has 0 aliphatic heterocycles. The van der Waals surface area contributed by atoms with Crippen molar-refractivity contribution in [2.24, 2.45) is 0 Å². The summed E-state index contributed by atoms with van der Waals surface area (Å²) in [5.74, 6) is -4.63. The van der Waals surface area contributed by atoms with Crippen LogP contribution in [0.15, 0.2) is 42.5 Å². The number of alkyl halides is 4. The number of methoxy groups -OCH3 is 1. The van der Waals surface area contributed by atoms with Crippen molar-refractivity contribution < 1.29 is 36.2 Å². The quantitative estimate of drug-likeness (QED) is 0.535. The number of nitrogens with one attached hydrogen (secondary N) is 2. The molecule has 0 aliphatic rings. The molecular formula is C20H21F5N2O3. The molecule has 2 N–H and O–H groups in total. The fraction of sp³-hybridized carbons (Fsp3) is 0.350. The fourth-order valence-electron chi connectivity index (χ4n) is 2.47. The maximum Gasteiger partial charge on any atom is 0.330 e. The minimum absolute atomic E-state index is 0.101. The van der Waals surface area contributed by atoms with Gasteiger partial charge in [0.25, 0.3) is 0 Å². The van der Waals surface area contributed by atoms with Crippen LogP contribution in [0.3, 0.4) is 0 Å². The topological polar surface area (TPSA) is 59.6 Å². The Morgan fingerprint density at radius 1 is 1.10 bits per heavy atom. The molecule has 0 heterocycles. The second kappa shape index (κ2) is 10.9. The van der Waals surface area contributed by atoms with Gasteiger partial charge in [0, 0.05) is 24.9 Å². The van der Waals surface area contributed by atoms with E-state index < -0.39 is 30.8 Å². The summed E-state index contributed by atoms with van der Waals surface area (Å²) in [6.45, 7) is -1.50. The Morgan fingerprint density at radius 2 is 1.87 bits per heavy atom. The van der Waals surface area contributed by atoms with E-state index in [0.29, 0.717) is 22.4 Å². The molecule has 0 saturated heterocycles. The molecule has 0 spiro atoms. The van der Waals surface area contributed by atoms with Gasteiger partial charge in [-0.05, 0) is 35.4 Å². The van der Waals surface area contributed by atoms with Gasteiger partial charge in [0.2, 0.25) is 0 Å². The van der Waals surface area contributed by atoms with E-state index in [2.05, 4.69) is 15.4 Å². The normalized spacial score (nSPS) is 11.6. The Kier molecular flexibility index (Phi) is 8.55. The van der Waals surface area contributed by atoms with Crippen LogP contribution in [0.25, 0.3) is 0 Å². The van der Waals surface area contributed by atoms with Crippen LogP contribution in [0.1, 0.15) is 16.7 Å². The van der Waals surface area contributed by atoms with Crippen LogP contribution in [0.5, 0.6) is 0 Å². The Labute approximate surface area is 170 Å². The van der Waals surface area contributed by atoms with E-state index in [1.54, 1.807) is 24.3 Å². The van der Waals surface area contributed by atoms with Gasteiger partial charge < -0.3 is 20.1 Å². The molecule has 0 saturated carbocycles. The second-order valence-electron chi connectivity index (χ2n) is 6.42. The average molecular weight is 432 g/mol. The zero-order chi connectivity index (χ0) is 22.1. The second-order valence-corrected chi connectivity index (χ2v) is 6.42. The summed E-state index contributed by atoms with van der Waals surface area (Å²) in [6, 6.07) is 9.96. The summed E-state index contributed by atoms with van der Waals surface area (Å²) >= 11 is 0. The predicted octanol–water partition coefficient (Wildman–Crippen LogP) is 4.71. The van der Waals surface area contributed by atoms with Crippen molar-refractivity contribution in [2.45, 2.75) is 32.1 Å². The highest BCUT2D eigenvalue weighted by molar-refractivity contribution is 5.89. The molecular weight excluding hydrogens is 411 g/mol. The van der Waals surface area contributed by atoms with Gasteiger partial charge in [-0.1, -0.05) is 18.2 Å². The van der Waals surface area contributed by atoms with Crippen molar-refractivity contribution in [1.82, 2.24) is 5.32 Å². The zero-order valence-electron chi connectivity index (χ0n) is 16.1. The smallest absolute Gasteiger partial charge is 0.330 e. The van der Waals surface area contributed by atoms with Gasteiger partial charge in [0.15, 0.2) is 0 Å². The summed E-state index contributed by atoms with van der Waals surface area (Å²) in [4.78, 5) is 12.1. The van der Waals surface area contributed by atoms with Crippen LogP contribution >= 0.6 is 0 Å². The van der Waals surface area contributed by atoms with Crippen molar-refractivity contribution >= 4 is 11.7 Å². The number of amides is 2. The minimum Gasteiger partial charge on any atom is -0.380 e. The molecule has 2 amide bonds. The number of halogens is 5. The first-order valence-corrected chi connectivity index (χ1v) is 8.85. The van der Waals surface area contributed by atoms with E-state index in [0.717, 1.165) is 0 Å². The van der Waals surface area contributed by atoms with E-state index in [-0.39, 0.29) is 19.8 Å². The van der Waals surface area contributed by atoms with E-state index in [1.807, 2.05) is 0 Å². The van der Waals surface area contributed by atoms with Gasteiger partial charge in [-0.3, -0.25) is 0 Å². The SMILES string of the molecule is COCc1cc(CNC(=O)Nc2cccc(COCC(F)(F)C(F)F)c2)ccc1F. The summed E-state index contributed by atoms with van der Waals surface area (Å²) in [6.07, 6.45) is -3.80. The standard InChI is InChI=1S/C20H21F5N2O3/c1-29-11-15-7-13(5-6-17(15)21)9-26-19(28)27-16-4-2-3-14(8-16)10-30-12-20(24,25)18(22)23/h2-8,18H,9-12H2,1H3,(H2,26,27,28). The fourth-order valence-corrected chi connectivity index (χ4v) is 2.47. The monoisotopic (exact) mass is 432 g/mol.